The molecule has 0 bridgehead atoms. The molecular formula is C12H13F2NO3. The van der Waals surface area contributed by atoms with Gasteiger partial charge in [0.15, 0.2) is 0 Å². The van der Waals surface area contributed by atoms with E-state index in [0.29, 0.717) is 19.2 Å². The monoisotopic (exact) mass is 257 g/mol. The summed E-state index contributed by atoms with van der Waals surface area (Å²) in [5.41, 5.74) is -0.171. The number of nitrogens with zero attached hydrogens (tertiary/aromatic N) is 1. The first kappa shape index (κ1) is 12.9. The third-order valence-electron chi connectivity index (χ3n) is 2.79. The van der Waals surface area contributed by atoms with Gasteiger partial charge in [0, 0.05) is 19.2 Å². The van der Waals surface area contributed by atoms with Crippen LogP contribution < -0.4 is 0 Å². The van der Waals surface area contributed by atoms with E-state index in [1.54, 1.807) is 0 Å². The minimum atomic E-state index is -0.882. The number of benzene rings is 1. The van der Waals surface area contributed by atoms with Gasteiger partial charge in [0.05, 0.1) is 24.9 Å². The highest BCUT2D eigenvalue weighted by Crippen LogP contribution is 2.14. The Balaban J connectivity index is 2.15. The fraction of sp³-hybridized carbons (Fsp3) is 0.417. The molecule has 18 heavy (non-hydrogen) atoms. The summed E-state index contributed by atoms with van der Waals surface area (Å²) in [6.07, 6.45) is -0.453. The van der Waals surface area contributed by atoms with Crippen molar-refractivity contribution in [3.63, 3.8) is 0 Å². The third kappa shape index (κ3) is 2.65. The Morgan fingerprint density at radius 1 is 1.50 bits per heavy atom. The van der Waals surface area contributed by atoms with Crippen molar-refractivity contribution in [2.75, 3.05) is 26.3 Å². The first-order valence-corrected chi connectivity index (χ1v) is 5.58. The SMILES string of the molecule is O=C(c1ccc(F)cc1F)N1CCOC(CO)C1. The molecule has 0 saturated carbocycles. The number of hydrogen-bond acceptors (Lipinski definition) is 3. The van der Waals surface area contributed by atoms with Crippen LogP contribution in [0.4, 0.5) is 8.78 Å². The molecule has 1 heterocycles. The van der Waals surface area contributed by atoms with E-state index in [0.717, 1.165) is 12.1 Å². The van der Waals surface area contributed by atoms with Crippen LogP contribution in [0.1, 0.15) is 10.4 Å². The van der Waals surface area contributed by atoms with E-state index in [4.69, 9.17) is 9.84 Å². The second kappa shape index (κ2) is 5.41. The largest absolute Gasteiger partial charge is 0.394 e. The maximum Gasteiger partial charge on any atom is 0.257 e. The van der Waals surface area contributed by atoms with Crippen molar-refractivity contribution in [2.24, 2.45) is 0 Å². The molecule has 0 aromatic heterocycles. The van der Waals surface area contributed by atoms with Crippen LogP contribution in [0.25, 0.3) is 0 Å². The van der Waals surface area contributed by atoms with Crippen molar-refractivity contribution < 1.29 is 23.4 Å². The van der Waals surface area contributed by atoms with Crippen LogP contribution in [0, 0.1) is 11.6 Å². The van der Waals surface area contributed by atoms with Gasteiger partial charge in [-0.25, -0.2) is 8.78 Å². The standard InChI is InChI=1S/C12H13F2NO3/c13-8-1-2-10(11(14)5-8)12(17)15-3-4-18-9(6-15)7-16/h1-2,5,9,16H,3-4,6-7H2. The lowest BCUT2D eigenvalue weighted by molar-refractivity contribution is -0.0448. The topological polar surface area (TPSA) is 49.8 Å². The molecule has 1 aromatic carbocycles. The summed E-state index contributed by atoms with van der Waals surface area (Å²) in [5.74, 6) is -2.12. The van der Waals surface area contributed by atoms with E-state index < -0.39 is 23.6 Å². The first-order valence-electron chi connectivity index (χ1n) is 5.58. The van der Waals surface area contributed by atoms with Crippen molar-refractivity contribution in [1.29, 1.82) is 0 Å². The summed E-state index contributed by atoms with van der Waals surface area (Å²) < 4.78 is 31.4. The summed E-state index contributed by atoms with van der Waals surface area (Å²) in [4.78, 5) is 13.4. The second-order valence-corrected chi connectivity index (χ2v) is 4.05. The zero-order valence-electron chi connectivity index (χ0n) is 9.60. The van der Waals surface area contributed by atoms with Crippen LogP contribution in [0.2, 0.25) is 0 Å². The van der Waals surface area contributed by atoms with Crippen LogP contribution in [0.15, 0.2) is 18.2 Å². The van der Waals surface area contributed by atoms with E-state index in [1.165, 1.54) is 4.90 Å². The van der Waals surface area contributed by atoms with Crippen molar-refractivity contribution in [3.8, 4) is 0 Å². The average molecular weight is 257 g/mol. The number of aliphatic hydroxyl groups excluding tert-OH is 1. The molecule has 1 N–H and O–H groups in total. The van der Waals surface area contributed by atoms with Crippen molar-refractivity contribution in [1.82, 2.24) is 4.90 Å². The molecule has 1 aromatic rings. The summed E-state index contributed by atoms with van der Waals surface area (Å²) >= 11 is 0. The van der Waals surface area contributed by atoms with Gasteiger partial charge in [0.2, 0.25) is 0 Å². The van der Waals surface area contributed by atoms with Crippen molar-refractivity contribution in [3.05, 3.63) is 35.4 Å². The summed E-state index contributed by atoms with van der Waals surface area (Å²) in [6, 6.07) is 2.84. The summed E-state index contributed by atoms with van der Waals surface area (Å²) in [6.45, 7) is 0.619. The van der Waals surface area contributed by atoms with Gasteiger partial charge >= 0.3 is 0 Å². The predicted octanol–water partition coefficient (Wildman–Crippen LogP) is 0.798. The van der Waals surface area contributed by atoms with Gasteiger partial charge < -0.3 is 14.7 Å². The zero-order chi connectivity index (χ0) is 13.1. The Morgan fingerprint density at radius 2 is 2.28 bits per heavy atom. The molecule has 4 nitrogen and oxygen atoms in total. The van der Waals surface area contributed by atoms with Crippen molar-refractivity contribution >= 4 is 5.91 Å². The number of amides is 1. The van der Waals surface area contributed by atoms with Gasteiger partial charge in [-0.3, -0.25) is 4.79 Å². The van der Waals surface area contributed by atoms with Gasteiger partial charge in [-0.1, -0.05) is 0 Å². The normalized spacial score (nSPS) is 19.9. The molecule has 2 rings (SSSR count). The lowest BCUT2D eigenvalue weighted by atomic mass is 10.1. The smallest absolute Gasteiger partial charge is 0.257 e. The fourth-order valence-corrected chi connectivity index (χ4v) is 1.85. The number of ether oxygens (including phenoxy) is 1. The fourth-order valence-electron chi connectivity index (χ4n) is 1.85. The van der Waals surface area contributed by atoms with E-state index in [-0.39, 0.29) is 18.7 Å². The summed E-state index contributed by atoms with van der Waals surface area (Å²) in [7, 11) is 0. The summed E-state index contributed by atoms with van der Waals surface area (Å²) in [5, 5.41) is 8.97. The maximum absolute atomic E-state index is 13.5. The number of hydrogen-bond donors (Lipinski definition) is 1. The number of aliphatic hydroxyl groups is 1. The molecular weight excluding hydrogens is 244 g/mol. The molecule has 6 heteroatoms. The molecule has 0 aliphatic carbocycles. The molecule has 1 fully saturated rings. The minimum Gasteiger partial charge on any atom is -0.394 e. The van der Waals surface area contributed by atoms with Gasteiger partial charge in [0.25, 0.3) is 5.91 Å². The Morgan fingerprint density at radius 3 is 2.94 bits per heavy atom. The Bertz CT molecular complexity index is 453. The molecule has 1 atom stereocenters. The van der Waals surface area contributed by atoms with Gasteiger partial charge in [0.1, 0.15) is 11.6 Å². The van der Waals surface area contributed by atoms with E-state index in [9.17, 15) is 13.6 Å². The average Bonchev–Trinajstić information content (AvgIpc) is 2.38. The second-order valence-electron chi connectivity index (χ2n) is 4.05. The number of morpholine rings is 1. The maximum atomic E-state index is 13.5. The van der Waals surface area contributed by atoms with Crippen LogP contribution in [0.5, 0.6) is 0 Å². The van der Waals surface area contributed by atoms with E-state index in [2.05, 4.69) is 0 Å². The van der Waals surface area contributed by atoms with Crippen LogP contribution in [-0.4, -0.2) is 48.3 Å². The number of carbonyl (C=O) groups is 1. The molecule has 0 radical (unpaired) electrons. The molecule has 1 amide bonds. The highest BCUT2D eigenvalue weighted by molar-refractivity contribution is 5.94. The Labute approximate surface area is 103 Å². The number of rotatable bonds is 2. The lowest BCUT2D eigenvalue weighted by Gasteiger charge is -2.32. The van der Waals surface area contributed by atoms with Gasteiger partial charge in [-0.2, -0.15) is 0 Å². The molecule has 0 spiro atoms. The zero-order valence-corrected chi connectivity index (χ0v) is 9.60. The quantitative estimate of drug-likeness (QED) is 0.852. The van der Waals surface area contributed by atoms with Crippen LogP contribution in [0.3, 0.4) is 0 Å². The van der Waals surface area contributed by atoms with Gasteiger partial charge in [-0.15, -0.1) is 0 Å². The van der Waals surface area contributed by atoms with Crippen LogP contribution >= 0.6 is 0 Å². The van der Waals surface area contributed by atoms with E-state index >= 15 is 0 Å². The Hall–Kier alpha value is -1.53. The molecule has 98 valence electrons. The highest BCUT2D eigenvalue weighted by atomic mass is 19.1. The highest BCUT2D eigenvalue weighted by Gasteiger charge is 2.26. The molecule has 1 unspecified atom stereocenters. The Kier molecular flexibility index (Phi) is 3.88. The number of carbonyl (C=O) groups excluding carboxylic acids is 1. The number of halogens is 2. The minimum absolute atomic E-state index is 0.171. The molecule has 1 saturated heterocycles. The van der Waals surface area contributed by atoms with Crippen molar-refractivity contribution in [2.45, 2.75) is 6.10 Å². The molecule has 1 aliphatic rings. The lowest BCUT2D eigenvalue weighted by Crippen LogP contribution is -2.47. The predicted molar refractivity (Wildman–Crippen MR) is 59.1 cm³/mol. The third-order valence-corrected chi connectivity index (χ3v) is 2.79. The first-order chi connectivity index (χ1) is 8.61. The van der Waals surface area contributed by atoms with E-state index in [1.807, 2.05) is 0 Å². The van der Waals surface area contributed by atoms with Crippen LogP contribution in [-0.2, 0) is 4.74 Å². The molecule has 1 aliphatic heterocycles. The van der Waals surface area contributed by atoms with Gasteiger partial charge in [-0.05, 0) is 12.1 Å².